The largest absolute Gasteiger partial charge is 0.387 e. The molecule has 172 valence electrons. The van der Waals surface area contributed by atoms with Gasteiger partial charge in [-0.1, -0.05) is 43.1 Å². The van der Waals surface area contributed by atoms with Gasteiger partial charge in [0.1, 0.15) is 5.78 Å². The van der Waals surface area contributed by atoms with Gasteiger partial charge >= 0.3 is 0 Å². The monoisotopic (exact) mass is 482 g/mol. The average Bonchev–Trinajstić information content (AvgIpc) is 3.09. The van der Waals surface area contributed by atoms with Crippen molar-refractivity contribution in [1.82, 2.24) is 0 Å². The third-order valence-corrected chi connectivity index (χ3v) is 10.9. The molecule has 4 saturated carbocycles. The van der Waals surface area contributed by atoms with E-state index in [1.165, 1.54) is 32.1 Å². The first-order chi connectivity index (χ1) is 14.3. The summed E-state index contributed by atoms with van der Waals surface area (Å²) in [6, 6.07) is 0. The van der Waals surface area contributed by atoms with Crippen LogP contribution in [-0.4, -0.2) is 35.0 Å². The Kier molecular flexibility index (Phi) is 6.80. The van der Waals surface area contributed by atoms with E-state index >= 15 is 0 Å². The molecule has 0 spiro atoms. The first-order valence-electron chi connectivity index (χ1n) is 12.7. The van der Waals surface area contributed by atoms with Crippen LogP contribution < -0.4 is 0 Å². The van der Waals surface area contributed by atoms with Gasteiger partial charge < -0.3 is 9.84 Å². The fourth-order valence-electron chi connectivity index (χ4n) is 8.58. The second-order valence-corrected chi connectivity index (χ2v) is 12.3. The summed E-state index contributed by atoms with van der Waals surface area (Å²) in [5.41, 5.74) is -0.0379. The summed E-state index contributed by atoms with van der Waals surface area (Å²) in [6.07, 6.45) is 12.6. The summed E-state index contributed by atoms with van der Waals surface area (Å²) in [4.78, 5) is 12.6. The minimum Gasteiger partial charge on any atom is -0.387 e. The van der Waals surface area contributed by atoms with E-state index in [-0.39, 0.29) is 11.3 Å². The Hall–Kier alpha value is 0.0700. The van der Waals surface area contributed by atoms with E-state index in [2.05, 4.69) is 36.7 Å². The molecule has 1 N–H and O–H groups in total. The molecule has 4 aliphatic rings. The van der Waals surface area contributed by atoms with Gasteiger partial charge in [0, 0.05) is 12.5 Å². The van der Waals surface area contributed by atoms with Crippen LogP contribution in [0.15, 0.2) is 0 Å². The zero-order chi connectivity index (χ0) is 21.6. The Balaban J connectivity index is 1.45. The van der Waals surface area contributed by atoms with Gasteiger partial charge in [0.15, 0.2) is 0 Å². The molecule has 0 amide bonds. The molecule has 0 aromatic rings. The Bertz CT molecular complexity index is 638. The minimum absolute atomic E-state index is 0.220. The summed E-state index contributed by atoms with van der Waals surface area (Å²) in [6.45, 7) is 8.46. The van der Waals surface area contributed by atoms with E-state index < -0.39 is 5.60 Å². The Morgan fingerprint density at radius 1 is 1.03 bits per heavy atom. The highest BCUT2D eigenvalue weighted by Crippen LogP contribution is 2.68. The third kappa shape index (κ3) is 3.85. The molecule has 8 atom stereocenters. The predicted molar refractivity (Wildman–Crippen MR) is 125 cm³/mol. The van der Waals surface area contributed by atoms with E-state index in [1.54, 1.807) is 0 Å². The van der Waals surface area contributed by atoms with Crippen LogP contribution in [0.25, 0.3) is 0 Å². The van der Waals surface area contributed by atoms with Crippen LogP contribution in [0.3, 0.4) is 0 Å². The molecule has 0 aromatic heterocycles. The van der Waals surface area contributed by atoms with Gasteiger partial charge in [0.05, 0.1) is 17.5 Å². The maximum atomic E-state index is 12.6. The highest BCUT2D eigenvalue weighted by Gasteiger charge is 2.61. The van der Waals surface area contributed by atoms with Crippen molar-refractivity contribution in [3.05, 3.63) is 0 Å². The quantitative estimate of drug-likeness (QED) is 0.349. The van der Waals surface area contributed by atoms with Crippen molar-refractivity contribution in [3.63, 3.8) is 0 Å². The van der Waals surface area contributed by atoms with E-state index in [0.29, 0.717) is 29.1 Å². The number of hydrogen-bond acceptors (Lipinski definition) is 3. The number of ketones is 1. The first kappa shape index (κ1) is 23.2. The molecule has 4 aliphatic carbocycles. The fourth-order valence-corrected chi connectivity index (χ4v) is 8.97. The molecule has 0 radical (unpaired) electrons. The summed E-state index contributed by atoms with van der Waals surface area (Å²) in [5.74, 6) is 3.61. The lowest BCUT2D eigenvalue weighted by Crippen LogP contribution is -2.57. The topological polar surface area (TPSA) is 46.5 Å². The van der Waals surface area contributed by atoms with E-state index in [9.17, 15) is 9.90 Å². The number of fused-ring (bicyclic) bond motifs is 5. The number of carbonyl (C=O) groups excluding carboxylic acids is 1. The lowest BCUT2D eigenvalue weighted by atomic mass is 9.44. The molecule has 0 bridgehead atoms. The van der Waals surface area contributed by atoms with Crippen molar-refractivity contribution < 1.29 is 14.6 Å². The maximum absolute atomic E-state index is 12.6. The number of hydrogen-bond donors (Lipinski definition) is 1. The van der Waals surface area contributed by atoms with Gasteiger partial charge in [-0.2, -0.15) is 0 Å². The number of alkyl halides is 1. The summed E-state index contributed by atoms with van der Waals surface area (Å²) >= 11 is 3.44. The van der Waals surface area contributed by atoms with Gasteiger partial charge in [-0.15, -0.1) is 0 Å². The van der Waals surface area contributed by atoms with Crippen molar-refractivity contribution in [3.8, 4) is 0 Å². The van der Waals surface area contributed by atoms with Gasteiger partial charge in [-0.05, 0) is 98.7 Å². The molecular formula is C26H43BrO3. The molecular weight excluding hydrogens is 440 g/mol. The van der Waals surface area contributed by atoms with Crippen molar-refractivity contribution in [1.29, 1.82) is 0 Å². The molecule has 4 fully saturated rings. The highest BCUT2D eigenvalue weighted by molar-refractivity contribution is 9.09. The molecule has 4 heteroatoms. The first-order valence-corrected chi connectivity index (χ1v) is 13.8. The summed E-state index contributed by atoms with van der Waals surface area (Å²) < 4.78 is 5.86. The Labute approximate surface area is 192 Å². The molecule has 30 heavy (non-hydrogen) atoms. The molecule has 3 unspecified atom stereocenters. The Morgan fingerprint density at radius 2 is 1.80 bits per heavy atom. The smallest absolute Gasteiger partial charge is 0.147 e. The zero-order valence-corrected chi connectivity index (χ0v) is 21.0. The molecule has 0 aromatic carbocycles. The van der Waals surface area contributed by atoms with E-state index in [0.717, 1.165) is 62.9 Å². The number of halogens is 1. The number of unbranched alkanes of at least 4 members (excludes halogenated alkanes) is 1. The van der Waals surface area contributed by atoms with Crippen LogP contribution in [0.2, 0.25) is 0 Å². The highest BCUT2D eigenvalue weighted by atomic mass is 79.9. The molecule has 4 rings (SSSR count). The molecule has 3 nitrogen and oxygen atoms in total. The van der Waals surface area contributed by atoms with Crippen LogP contribution >= 0.6 is 15.9 Å². The molecule has 0 heterocycles. The van der Waals surface area contributed by atoms with Crippen molar-refractivity contribution >= 4 is 21.7 Å². The standard InChI is InChI=1S/C26H43BrO3/c1-4-5-14-30-17-26(29)13-12-24(2)18(15-26)6-7-19-20-8-9-22(23(28)16-27)25(20,3)11-10-21(19)24/h18-22,29H,4-17H2,1-3H3/t18-,19?,20?,21?,22+,24-,25-,26+/m0/s1. The fraction of sp³-hybridized carbons (Fsp3) is 0.962. The van der Waals surface area contributed by atoms with Crippen molar-refractivity contribution in [2.75, 3.05) is 18.5 Å². The number of aliphatic hydroxyl groups is 1. The number of ether oxygens (including phenoxy) is 1. The Morgan fingerprint density at radius 3 is 2.53 bits per heavy atom. The van der Waals surface area contributed by atoms with Crippen molar-refractivity contribution in [2.24, 2.45) is 40.4 Å². The predicted octanol–water partition coefficient (Wildman–Crippen LogP) is 6.16. The molecule has 0 saturated heterocycles. The average molecular weight is 484 g/mol. The SMILES string of the molecule is CCCCOC[C@@]1(O)CC[C@]2(C)C3CC[C@@]4(C)C(CC[C@@H]4C(=O)CBr)C3CC[C@H]2C1. The summed E-state index contributed by atoms with van der Waals surface area (Å²) in [7, 11) is 0. The second kappa shape index (κ2) is 8.78. The summed E-state index contributed by atoms with van der Waals surface area (Å²) in [5, 5.41) is 11.8. The molecule has 0 aliphatic heterocycles. The van der Waals surface area contributed by atoms with Crippen LogP contribution in [0.4, 0.5) is 0 Å². The lowest BCUT2D eigenvalue weighted by Gasteiger charge is -2.62. The number of carbonyl (C=O) groups is 1. The van der Waals surface area contributed by atoms with E-state index in [4.69, 9.17) is 4.74 Å². The third-order valence-electron chi connectivity index (χ3n) is 10.4. The van der Waals surface area contributed by atoms with Crippen LogP contribution in [0.5, 0.6) is 0 Å². The van der Waals surface area contributed by atoms with Gasteiger partial charge in [0.2, 0.25) is 0 Å². The lowest BCUT2D eigenvalue weighted by molar-refractivity contribution is -0.166. The number of rotatable bonds is 7. The van der Waals surface area contributed by atoms with Crippen LogP contribution in [-0.2, 0) is 9.53 Å². The maximum Gasteiger partial charge on any atom is 0.147 e. The van der Waals surface area contributed by atoms with Crippen LogP contribution in [0.1, 0.15) is 91.4 Å². The zero-order valence-electron chi connectivity index (χ0n) is 19.4. The minimum atomic E-state index is -0.616. The van der Waals surface area contributed by atoms with Gasteiger partial charge in [-0.25, -0.2) is 0 Å². The second-order valence-electron chi connectivity index (χ2n) is 11.8. The normalized spacial score (nSPS) is 48.0. The van der Waals surface area contributed by atoms with E-state index in [1.807, 2.05) is 0 Å². The van der Waals surface area contributed by atoms with Gasteiger partial charge in [0.25, 0.3) is 0 Å². The van der Waals surface area contributed by atoms with Crippen molar-refractivity contribution in [2.45, 2.75) is 97.0 Å². The number of Topliss-reactive ketones (excluding diaryl/α,β-unsaturated/α-hetero) is 1. The van der Waals surface area contributed by atoms with Crippen LogP contribution in [0, 0.1) is 40.4 Å². The van der Waals surface area contributed by atoms with Gasteiger partial charge in [-0.3, -0.25) is 4.79 Å².